The maximum absolute atomic E-state index is 12.8. The van der Waals surface area contributed by atoms with E-state index >= 15 is 0 Å². The molecule has 0 atom stereocenters. The van der Waals surface area contributed by atoms with Crippen LogP contribution in [0.4, 0.5) is 13.2 Å². The van der Waals surface area contributed by atoms with Crippen LogP contribution < -0.4 is 4.74 Å². The molecule has 0 fully saturated rings. The number of halogens is 4. The standard InChI is InChI=1S/C7H4BrF3O2/c8-3-1-2-4(13-7(10)11)6(12)5(3)9/h1-2,7,12H. The summed E-state index contributed by atoms with van der Waals surface area (Å²) in [4.78, 5) is 0. The van der Waals surface area contributed by atoms with Gasteiger partial charge in [0.25, 0.3) is 0 Å². The summed E-state index contributed by atoms with van der Waals surface area (Å²) in [5.74, 6) is -2.55. The minimum atomic E-state index is -3.09. The molecule has 0 aliphatic carbocycles. The molecule has 0 amide bonds. The van der Waals surface area contributed by atoms with Crippen molar-refractivity contribution in [3.63, 3.8) is 0 Å². The van der Waals surface area contributed by atoms with Crippen molar-refractivity contribution in [3.8, 4) is 11.5 Å². The summed E-state index contributed by atoms with van der Waals surface area (Å²) >= 11 is 2.77. The number of phenolic OH excluding ortho intramolecular Hbond substituents is 1. The van der Waals surface area contributed by atoms with Crippen LogP contribution in [-0.2, 0) is 0 Å². The van der Waals surface area contributed by atoms with Crippen molar-refractivity contribution in [2.24, 2.45) is 0 Å². The highest BCUT2D eigenvalue weighted by Crippen LogP contribution is 2.34. The second kappa shape index (κ2) is 3.87. The van der Waals surface area contributed by atoms with Gasteiger partial charge in [-0.25, -0.2) is 4.39 Å². The number of aromatic hydroxyl groups is 1. The normalized spacial score (nSPS) is 10.5. The van der Waals surface area contributed by atoms with E-state index in [0.29, 0.717) is 0 Å². The Labute approximate surface area is 80.1 Å². The van der Waals surface area contributed by atoms with Crippen LogP contribution in [0, 0.1) is 5.82 Å². The number of hydrogen-bond donors (Lipinski definition) is 1. The number of ether oxygens (including phenoxy) is 1. The van der Waals surface area contributed by atoms with Gasteiger partial charge in [0.2, 0.25) is 0 Å². The number of benzene rings is 1. The molecule has 0 bridgehead atoms. The van der Waals surface area contributed by atoms with Gasteiger partial charge in [-0.2, -0.15) is 8.78 Å². The first kappa shape index (κ1) is 10.2. The molecule has 13 heavy (non-hydrogen) atoms. The molecule has 0 saturated heterocycles. The van der Waals surface area contributed by atoms with E-state index in [9.17, 15) is 13.2 Å². The average Bonchev–Trinajstić information content (AvgIpc) is 2.06. The van der Waals surface area contributed by atoms with Crippen LogP contribution in [0.25, 0.3) is 0 Å². The second-order valence-corrected chi connectivity index (χ2v) is 2.94. The van der Waals surface area contributed by atoms with Crippen molar-refractivity contribution in [1.29, 1.82) is 0 Å². The average molecular weight is 257 g/mol. The largest absolute Gasteiger partial charge is 0.502 e. The molecule has 0 heterocycles. The van der Waals surface area contributed by atoms with E-state index in [4.69, 9.17) is 5.11 Å². The maximum atomic E-state index is 12.8. The lowest BCUT2D eigenvalue weighted by molar-refractivity contribution is -0.0515. The molecule has 0 aliphatic heterocycles. The van der Waals surface area contributed by atoms with Gasteiger partial charge in [0.1, 0.15) is 0 Å². The molecule has 0 saturated carbocycles. The molecule has 1 aromatic carbocycles. The molecule has 0 spiro atoms. The smallest absolute Gasteiger partial charge is 0.387 e. The predicted molar refractivity (Wildman–Crippen MR) is 42.4 cm³/mol. The van der Waals surface area contributed by atoms with Crippen LogP contribution in [0.1, 0.15) is 0 Å². The summed E-state index contributed by atoms with van der Waals surface area (Å²) in [7, 11) is 0. The lowest BCUT2D eigenvalue weighted by Gasteiger charge is -2.07. The summed E-state index contributed by atoms with van der Waals surface area (Å²) in [5.41, 5.74) is 0. The summed E-state index contributed by atoms with van der Waals surface area (Å²) in [6.45, 7) is -3.09. The molecule has 6 heteroatoms. The number of phenols is 1. The van der Waals surface area contributed by atoms with Crippen molar-refractivity contribution < 1.29 is 23.0 Å². The van der Waals surface area contributed by atoms with Crippen LogP contribution in [0.2, 0.25) is 0 Å². The Balaban J connectivity index is 3.04. The van der Waals surface area contributed by atoms with Gasteiger partial charge < -0.3 is 9.84 Å². The Morgan fingerprint density at radius 1 is 1.38 bits per heavy atom. The van der Waals surface area contributed by atoms with Gasteiger partial charge in [0, 0.05) is 0 Å². The minimum absolute atomic E-state index is 0.0217. The van der Waals surface area contributed by atoms with Crippen LogP contribution in [0.3, 0.4) is 0 Å². The molecule has 72 valence electrons. The SMILES string of the molecule is Oc1c(OC(F)F)ccc(Br)c1F. The lowest BCUT2D eigenvalue weighted by atomic mass is 10.3. The lowest BCUT2D eigenvalue weighted by Crippen LogP contribution is -2.02. The molecule has 0 aliphatic rings. The fourth-order valence-electron chi connectivity index (χ4n) is 0.713. The zero-order chi connectivity index (χ0) is 10.0. The first-order valence-corrected chi connectivity index (χ1v) is 3.93. The van der Waals surface area contributed by atoms with Gasteiger partial charge >= 0.3 is 6.61 Å². The van der Waals surface area contributed by atoms with Crippen LogP contribution in [0.5, 0.6) is 11.5 Å². The predicted octanol–water partition coefficient (Wildman–Crippen LogP) is 2.90. The van der Waals surface area contributed by atoms with Crippen molar-refractivity contribution in [2.45, 2.75) is 6.61 Å². The first-order valence-electron chi connectivity index (χ1n) is 3.14. The Morgan fingerprint density at radius 3 is 2.54 bits per heavy atom. The fraction of sp³-hybridized carbons (Fsp3) is 0.143. The van der Waals surface area contributed by atoms with E-state index in [2.05, 4.69) is 20.7 Å². The highest BCUT2D eigenvalue weighted by Gasteiger charge is 2.14. The van der Waals surface area contributed by atoms with Crippen molar-refractivity contribution in [2.75, 3.05) is 0 Å². The fourth-order valence-corrected chi connectivity index (χ4v) is 1.03. The maximum Gasteiger partial charge on any atom is 0.387 e. The number of hydrogen-bond acceptors (Lipinski definition) is 2. The van der Waals surface area contributed by atoms with Crippen LogP contribution in [-0.4, -0.2) is 11.7 Å². The van der Waals surface area contributed by atoms with Gasteiger partial charge in [0.15, 0.2) is 17.3 Å². The third kappa shape index (κ3) is 2.27. The van der Waals surface area contributed by atoms with Crippen molar-refractivity contribution >= 4 is 15.9 Å². The Morgan fingerprint density at radius 2 is 2.00 bits per heavy atom. The molecule has 1 aromatic rings. The highest BCUT2D eigenvalue weighted by atomic mass is 79.9. The second-order valence-electron chi connectivity index (χ2n) is 2.09. The summed E-state index contributed by atoms with van der Waals surface area (Å²) in [6.07, 6.45) is 0. The third-order valence-corrected chi connectivity index (χ3v) is 1.86. The summed E-state index contributed by atoms with van der Waals surface area (Å²) in [5, 5.41) is 8.96. The van der Waals surface area contributed by atoms with Gasteiger partial charge in [-0.15, -0.1) is 0 Å². The molecular formula is C7H4BrF3O2. The zero-order valence-electron chi connectivity index (χ0n) is 6.10. The summed E-state index contributed by atoms with van der Waals surface area (Å²) in [6, 6.07) is 2.20. The molecule has 0 aromatic heterocycles. The molecule has 1 rings (SSSR count). The van der Waals surface area contributed by atoms with Gasteiger partial charge in [-0.1, -0.05) is 0 Å². The van der Waals surface area contributed by atoms with Gasteiger partial charge in [-0.3, -0.25) is 0 Å². The van der Waals surface area contributed by atoms with Gasteiger partial charge in [-0.05, 0) is 28.1 Å². The van der Waals surface area contributed by atoms with E-state index in [1.54, 1.807) is 0 Å². The molecular weight excluding hydrogens is 253 g/mol. The Bertz CT molecular complexity index is 317. The van der Waals surface area contributed by atoms with Crippen molar-refractivity contribution in [3.05, 3.63) is 22.4 Å². The van der Waals surface area contributed by atoms with Gasteiger partial charge in [0.05, 0.1) is 4.47 Å². The Kier molecular flexibility index (Phi) is 3.02. The minimum Gasteiger partial charge on any atom is -0.502 e. The first-order chi connectivity index (χ1) is 6.02. The van der Waals surface area contributed by atoms with E-state index in [1.807, 2.05) is 0 Å². The molecule has 1 N–H and O–H groups in total. The zero-order valence-corrected chi connectivity index (χ0v) is 7.69. The van der Waals surface area contributed by atoms with E-state index in [1.165, 1.54) is 0 Å². The highest BCUT2D eigenvalue weighted by molar-refractivity contribution is 9.10. The number of rotatable bonds is 2. The Hall–Kier alpha value is -0.910. The third-order valence-electron chi connectivity index (χ3n) is 1.25. The summed E-state index contributed by atoms with van der Waals surface area (Å²) < 4.78 is 40.0. The molecule has 2 nitrogen and oxygen atoms in total. The van der Waals surface area contributed by atoms with E-state index in [-0.39, 0.29) is 4.47 Å². The topological polar surface area (TPSA) is 29.5 Å². The monoisotopic (exact) mass is 256 g/mol. The quantitative estimate of drug-likeness (QED) is 0.882. The number of alkyl halides is 2. The van der Waals surface area contributed by atoms with Crippen molar-refractivity contribution in [1.82, 2.24) is 0 Å². The van der Waals surface area contributed by atoms with Crippen LogP contribution >= 0.6 is 15.9 Å². The van der Waals surface area contributed by atoms with E-state index < -0.39 is 23.9 Å². The molecule has 0 radical (unpaired) electrons. The van der Waals surface area contributed by atoms with Crippen LogP contribution in [0.15, 0.2) is 16.6 Å². The molecule has 0 unspecified atom stereocenters. The van der Waals surface area contributed by atoms with E-state index in [0.717, 1.165) is 12.1 Å².